The van der Waals surface area contributed by atoms with Crippen LogP contribution in [0.15, 0.2) is 59.6 Å². The fourth-order valence-electron chi connectivity index (χ4n) is 6.92. The monoisotopic (exact) mass is 790 g/mol. The van der Waals surface area contributed by atoms with E-state index in [1.54, 1.807) is 50.2 Å². The van der Waals surface area contributed by atoms with Gasteiger partial charge in [0.25, 0.3) is 0 Å². The molecule has 16 nitrogen and oxygen atoms in total. The van der Waals surface area contributed by atoms with E-state index in [9.17, 15) is 39.0 Å². The number of aliphatic carboxylic acids is 1. The number of benzene rings is 2. The zero-order valence-electron chi connectivity index (χ0n) is 33.1. The lowest BCUT2D eigenvalue weighted by molar-refractivity contribution is -0.145. The van der Waals surface area contributed by atoms with E-state index in [4.69, 9.17) is 5.73 Å². The molecule has 0 radical (unpaired) electrons. The van der Waals surface area contributed by atoms with Gasteiger partial charge in [-0.2, -0.15) is 0 Å². The Morgan fingerprint density at radius 1 is 0.877 bits per heavy atom. The Hall–Kier alpha value is -5.51. The number of carboxylic acid groups (broad SMARTS) is 1. The van der Waals surface area contributed by atoms with Crippen LogP contribution in [0.2, 0.25) is 0 Å². The number of phenolic OH excluding ortho intramolecular Hbond substituents is 1. The van der Waals surface area contributed by atoms with E-state index in [0.29, 0.717) is 31.4 Å². The van der Waals surface area contributed by atoms with Crippen LogP contribution in [-0.2, 0) is 41.6 Å². The first-order valence-electron chi connectivity index (χ1n) is 19.7. The summed E-state index contributed by atoms with van der Waals surface area (Å²) in [7, 11) is 0. The van der Waals surface area contributed by atoms with Gasteiger partial charge >= 0.3 is 5.97 Å². The summed E-state index contributed by atoms with van der Waals surface area (Å²) in [5, 5.41) is 34.0. The maximum Gasteiger partial charge on any atom is 0.326 e. The van der Waals surface area contributed by atoms with Crippen molar-refractivity contribution in [3.63, 3.8) is 0 Å². The first-order chi connectivity index (χ1) is 27.2. The maximum atomic E-state index is 14.2. The molecule has 1 fully saturated rings. The highest BCUT2D eigenvalue weighted by Crippen LogP contribution is 2.22. The van der Waals surface area contributed by atoms with Gasteiger partial charge in [0.2, 0.25) is 29.5 Å². The third-order valence-corrected chi connectivity index (χ3v) is 10.7. The highest BCUT2D eigenvalue weighted by Gasteiger charge is 2.40. The molecule has 0 saturated carbocycles. The normalized spacial score (nSPS) is 19.4. The molecule has 2 heterocycles. The van der Waals surface area contributed by atoms with Crippen molar-refractivity contribution in [2.24, 2.45) is 22.6 Å². The second kappa shape index (κ2) is 21.1. The molecule has 2 aliphatic rings. The second-order valence-corrected chi connectivity index (χ2v) is 15.4. The molecule has 57 heavy (non-hydrogen) atoms. The van der Waals surface area contributed by atoms with Gasteiger partial charge in [0.05, 0.1) is 18.9 Å². The zero-order chi connectivity index (χ0) is 41.6. The van der Waals surface area contributed by atoms with Crippen LogP contribution in [0.1, 0.15) is 70.9 Å². The third-order valence-electron chi connectivity index (χ3n) is 10.7. The summed E-state index contributed by atoms with van der Waals surface area (Å²) in [6.07, 6.45) is 3.12. The fraction of sp³-hybridized carbons (Fsp3) is 0.537. The highest BCUT2D eigenvalue weighted by molar-refractivity contribution is 5.94. The van der Waals surface area contributed by atoms with Crippen LogP contribution in [0.5, 0.6) is 5.75 Å². The van der Waals surface area contributed by atoms with E-state index in [2.05, 4.69) is 31.6 Å². The lowest BCUT2D eigenvalue weighted by Crippen LogP contribution is -2.58. The van der Waals surface area contributed by atoms with E-state index < -0.39 is 71.8 Å². The minimum atomic E-state index is -1.21. The molecule has 16 heteroatoms. The van der Waals surface area contributed by atoms with Crippen LogP contribution < -0.4 is 32.3 Å². The minimum Gasteiger partial charge on any atom is -0.508 e. The second-order valence-electron chi connectivity index (χ2n) is 15.4. The largest absolute Gasteiger partial charge is 0.508 e. The van der Waals surface area contributed by atoms with Gasteiger partial charge in [-0.3, -0.25) is 29.0 Å². The summed E-state index contributed by atoms with van der Waals surface area (Å²) < 4.78 is 0. The van der Waals surface area contributed by atoms with Gasteiger partial charge < -0.3 is 47.4 Å². The number of nitrogens with one attached hydrogen (secondary N) is 5. The number of phenols is 1. The molecule has 310 valence electrons. The molecular formula is C41H58N8O8. The Balaban J connectivity index is 1.49. The summed E-state index contributed by atoms with van der Waals surface area (Å²) >= 11 is 0. The quantitative estimate of drug-likeness (QED) is 0.0946. The van der Waals surface area contributed by atoms with Gasteiger partial charge in [0, 0.05) is 37.9 Å². The van der Waals surface area contributed by atoms with Crippen molar-refractivity contribution in [1.82, 2.24) is 31.5 Å². The molecule has 5 amide bonds. The number of likely N-dealkylation sites (tertiary alicyclic amines) is 1. The number of nitrogens with zero attached hydrogens (tertiary/aromatic N) is 2. The fourth-order valence-corrected chi connectivity index (χ4v) is 6.92. The predicted octanol–water partition coefficient (Wildman–Crippen LogP) is 1.00. The van der Waals surface area contributed by atoms with Gasteiger partial charge in [0.1, 0.15) is 29.9 Å². The van der Waals surface area contributed by atoms with E-state index in [1.807, 2.05) is 19.9 Å². The van der Waals surface area contributed by atoms with Crippen molar-refractivity contribution in [2.45, 2.75) is 115 Å². The topological polar surface area (TPSA) is 245 Å². The Labute approximate surface area is 333 Å². The Bertz CT molecular complexity index is 1710. The van der Waals surface area contributed by atoms with Gasteiger partial charge in [-0.1, -0.05) is 76.6 Å². The smallest absolute Gasteiger partial charge is 0.326 e. The minimum absolute atomic E-state index is 0.0515. The van der Waals surface area contributed by atoms with Crippen molar-refractivity contribution >= 4 is 41.8 Å². The molecule has 0 bridgehead atoms. The number of hydrogen-bond donors (Lipinski definition) is 8. The number of rotatable bonds is 20. The SMILES string of the molecule is CCC(C)C(CC(=O)NC(CC1CN=CN1)C(=O)N1CCCC1C(=O)NC(Cc1ccccc1)C(=O)O)NC(=O)C(Cc1ccc(O)cc1)NC(=O)C(N)C(C)C. The number of carboxylic acids is 1. The standard InChI is InChI=1S/C41H58N8O8/c1-5-25(4)30(46-37(52)31(47-39(54)36(42)24(2)3)18-27-13-15-29(50)16-14-27)21-35(51)45-32(20-28-22-43-23-44-28)40(55)49-17-9-12-34(49)38(53)48-33(41(56)57)19-26-10-7-6-8-11-26/h6-8,10-11,13-16,23-25,28,30-34,36,50H,5,9,12,17-22,42H2,1-4H3,(H,43,44)(H,45,51)(H,46,52)(H,47,54)(H,48,53)(H,56,57). The van der Waals surface area contributed by atoms with E-state index in [0.717, 1.165) is 5.56 Å². The maximum absolute atomic E-state index is 14.2. The Kier molecular flexibility index (Phi) is 16.4. The molecule has 9 N–H and O–H groups in total. The van der Waals surface area contributed by atoms with Crippen molar-refractivity contribution in [1.29, 1.82) is 0 Å². The molecule has 0 aliphatic carbocycles. The lowest BCUT2D eigenvalue weighted by atomic mass is 9.94. The first-order valence-corrected chi connectivity index (χ1v) is 19.7. The summed E-state index contributed by atoms with van der Waals surface area (Å²) in [5.74, 6) is -4.12. The van der Waals surface area contributed by atoms with Crippen LogP contribution in [-0.4, -0.2) is 112 Å². The average Bonchev–Trinajstić information content (AvgIpc) is 3.90. The molecule has 2 aromatic carbocycles. The van der Waals surface area contributed by atoms with Crippen molar-refractivity contribution in [3.8, 4) is 5.75 Å². The Morgan fingerprint density at radius 2 is 1.54 bits per heavy atom. The molecule has 0 spiro atoms. The summed E-state index contributed by atoms with van der Waals surface area (Å²) in [6, 6.07) is 9.14. The summed E-state index contributed by atoms with van der Waals surface area (Å²) in [5.41, 5.74) is 7.51. The van der Waals surface area contributed by atoms with Gasteiger partial charge in [-0.15, -0.1) is 0 Å². The predicted molar refractivity (Wildman–Crippen MR) is 214 cm³/mol. The number of aliphatic imine (C=N–C) groups is 1. The number of amides is 5. The van der Waals surface area contributed by atoms with E-state index in [1.165, 1.54) is 23.4 Å². The Morgan fingerprint density at radius 3 is 2.16 bits per heavy atom. The van der Waals surface area contributed by atoms with Gasteiger partial charge in [-0.25, -0.2) is 4.79 Å². The van der Waals surface area contributed by atoms with Crippen LogP contribution in [0, 0.1) is 11.8 Å². The molecule has 1 saturated heterocycles. The number of hydrogen-bond acceptors (Lipinski definition) is 10. The van der Waals surface area contributed by atoms with Crippen molar-refractivity contribution in [2.75, 3.05) is 13.1 Å². The molecule has 4 rings (SSSR count). The third kappa shape index (κ3) is 13.0. The zero-order valence-corrected chi connectivity index (χ0v) is 33.1. The number of aromatic hydroxyl groups is 1. The van der Waals surface area contributed by atoms with E-state index >= 15 is 0 Å². The summed E-state index contributed by atoms with van der Waals surface area (Å²) in [6.45, 7) is 8.03. The molecule has 2 aliphatic heterocycles. The molecule has 8 unspecified atom stereocenters. The van der Waals surface area contributed by atoms with E-state index in [-0.39, 0.29) is 55.9 Å². The molecule has 2 aromatic rings. The van der Waals surface area contributed by atoms with Crippen LogP contribution >= 0.6 is 0 Å². The summed E-state index contributed by atoms with van der Waals surface area (Å²) in [4.78, 5) is 86.3. The van der Waals surface area contributed by atoms with Gasteiger partial charge in [-0.05, 0) is 54.4 Å². The van der Waals surface area contributed by atoms with Crippen molar-refractivity contribution < 1.29 is 39.0 Å². The lowest BCUT2D eigenvalue weighted by Gasteiger charge is -2.31. The first kappa shape index (κ1) is 44.2. The van der Waals surface area contributed by atoms with Crippen molar-refractivity contribution in [3.05, 3.63) is 65.7 Å². The molecular weight excluding hydrogens is 732 g/mol. The molecule has 0 aromatic heterocycles. The van der Waals surface area contributed by atoms with Gasteiger partial charge in [0.15, 0.2) is 0 Å². The van der Waals surface area contributed by atoms with Crippen LogP contribution in [0.3, 0.4) is 0 Å². The molecule has 8 atom stereocenters. The average molecular weight is 791 g/mol. The number of carbonyl (C=O) groups is 6. The number of carbonyl (C=O) groups excluding carboxylic acids is 5. The number of nitrogens with two attached hydrogens (primary N) is 1. The van der Waals surface area contributed by atoms with Crippen LogP contribution in [0.4, 0.5) is 0 Å². The highest BCUT2D eigenvalue weighted by atomic mass is 16.4. The van der Waals surface area contributed by atoms with Crippen LogP contribution in [0.25, 0.3) is 0 Å².